The third-order valence-electron chi connectivity index (χ3n) is 6.46. The summed E-state index contributed by atoms with van der Waals surface area (Å²) in [4.78, 5) is 32.2. The van der Waals surface area contributed by atoms with Crippen LogP contribution >= 0.6 is 22.9 Å². The van der Waals surface area contributed by atoms with Gasteiger partial charge in [-0.3, -0.25) is 9.36 Å². The Kier molecular flexibility index (Phi) is 8.19. The molecule has 0 saturated carbocycles. The summed E-state index contributed by atoms with van der Waals surface area (Å²) in [5, 5.41) is 0.660. The fourth-order valence-electron chi connectivity index (χ4n) is 4.59. The summed E-state index contributed by atoms with van der Waals surface area (Å²) < 4.78 is 19.1. The van der Waals surface area contributed by atoms with Crippen molar-refractivity contribution in [3.8, 4) is 11.5 Å². The molecule has 2 heterocycles. The van der Waals surface area contributed by atoms with Gasteiger partial charge in [-0.05, 0) is 49.8 Å². The first-order chi connectivity index (χ1) is 19.4. The summed E-state index contributed by atoms with van der Waals surface area (Å²) in [6, 6.07) is 21.5. The van der Waals surface area contributed by atoms with E-state index in [1.54, 1.807) is 37.7 Å². The van der Waals surface area contributed by atoms with E-state index in [4.69, 9.17) is 25.8 Å². The number of carbonyl (C=O) groups excluding carboxylic acids is 1. The van der Waals surface area contributed by atoms with E-state index >= 15 is 0 Å². The highest BCUT2D eigenvalue weighted by Gasteiger charge is 2.34. The molecule has 7 nitrogen and oxygen atoms in total. The molecule has 0 spiro atoms. The van der Waals surface area contributed by atoms with Gasteiger partial charge < -0.3 is 14.2 Å². The normalized spacial score (nSPS) is 14.9. The molecule has 4 aromatic rings. The smallest absolute Gasteiger partial charge is 0.338 e. The molecule has 5 rings (SSSR count). The number of fused-ring (bicyclic) bond motifs is 1. The van der Waals surface area contributed by atoms with Gasteiger partial charge in [-0.25, -0.2) is 9.79 Å². The van der Waals surface area contributed by atoms with Crippen LogP contribution in [0.2, 0.25) is 5.02 Å². The van der Waals surface area contributed by atoms with Crippen LogP contribution in [0.4, 0.5) is 0 Å². The van der Waals surface area contributed by atoms with Gasteiger partial charge in [0, 0.05) is 16.1 Å². The van der Waals surface area contributed by atoms with Crippen molar-refractivity contribution in [2.24, 2.45) is 4.99 Å². The maximum Gasteiger partial charge on any atom is 0.338 e. The second kappa shape index (κ2) is 11.9. The van der Waals surface area contributed by atoms with Crippen molar-refractivity contribution in [3.05, 3.63) is 125 Å². The molecule has 9 heteroatoms. The van der Waals surface area contributed by atoms with Gasteiger partial charge >= 0.3 is 5.97 Å². The fraction of sp³-hybridized carbons (Fsp3) is 0.194. The van der Waals surface area contributed by atoms with E-state index in [0.717, 1.165) is 11.1 Å². The summed E-state index contributed by atoms with van der Waals surface area (Å²) in [5.74, 6) is 0.669. The van der Waals surface area contributed by atoms with Gasteiger partial charge in [0.25, 0.3) is 5.56 Å². The van der Waals surface area contributed by atoms with E-state index in [1.165, 1.54) is 11.3 Å². The van der Waals surface area contributed by atoms with Gasteiger partial charge in [-0.1, -0.05) is 71.5 Å². The van der Waals surface area contributed by atoms with Crippen molar-refractivity contribution in [2.75, 3.05) is 13.7 Å². The number of thiazole rings is 1. The number of hydrogen-bond acceptors (Lipinski definition) is 7. The molecule has 1 aliphatic heterocycles. The summed E-state index contributed by atoms with van der Waals surface area (Å²) in [5.41, 5.74) is 2.91. The number of hydrogen-bond donors (Lipinski definition) is 0. The first-order valence-corrected chi connectivity index (χ1v) is 13.9. The molecule has 0 amide bonds. The Bertz CT molecular complexity index is 1770. The molecule has 0 saturated heterocycles. The topological polar surface area (TPSA) is 79.1 Å². The number of para-hydroxylation sites is 2. The molecule has 0 bridgehead atoms. The summed E-state index contributed by atoms with van der Waals surface area (Å²) >= 11 is 7.26. The molecule has 0 radical (unpaired) electrons. The molecule has 204 valence electrons. The average molecular weight is 575 g/mol. The molecule has 3 aromatic carbocycles. The molecule has 40 heavy (non-hydrogen) atoms. The molecule has 1 aliphatic rings. The van der Waals surface area contributed by atoms with E-state index in [0.29, 0.717) is 49.3 Å². The number of benzene rings is 3. The van der Waals surface area contributed by atoms with Crippen LogP contribution in [0.5, 0.6) is 11.5 Å². The van der Waals surface area contributed by atoms with Crippen LogP contribution in [0, 0.1) is 0 Å². The van der Waals surface area contributed by atoms with Crippen molar-refractivity contribution in [1.29, 1.82) is 0 Å². The fourth-order valence-corrected chi connectivity index (χ4v) is 5.76. The Balaban J connectivity index is 1.61. The summed E-state index contributed by atoms with van der Waals surface area (Å²) in [6.07, 6.45) is 1.80. The first kappa shape index (κ1) is 27.4. The summed E-state index contributed by atoms with van der Waals surface area (Å²) in [6.45, 7) is 4.05. The Morgan fingerprint density at radius 3 is 2.48 bits per heavy atom. The van der Waals surface area contributed by atoms with Crippen molar-refractivity contribution >= 4 is 35.0 Å². The number of aromatic nitrogens is 1. The van der Waals surface area contributed by atoms with Crippen LogP contribution in [0.25, 0.3) is 6.08 Å². The van der Waals surface area contributed by atoms with Crippen LogP contribution in [-0.4, -0.2) is 24.3 Å². The highest BCUT2D eigenvalue weighted by molar-refractivity contribution is 7.07. The molecule has 1 atom stereocenters. The number of methoxy groups -OCH3 is 1. The molecule has 0 N–H and O–H groups in total. The van der Waals surface area contributed by atoms with Gasteiger partial charge in [-0.2, -0.15) is 0 Å². The summed E-state index contributed by atoms with van der Waals surface area (Å²) in [7, 11) is 1.56. The van der Waals surface area contributed by atoms with Crippen LogP contribution in [-0.2, 0) is 16.1 Å². The number of allylic oxidation sites excluding steroid dienone is 1. The lowest BCUT2D eigenvalue weighted by Gasteiger charge is -2.25. The molecule has 1 unspecified atom stereocenters. The molecular formula is C31H27ClN2O5S. The number of carbonyl (C=O) groups is 1. The van der Waals surface area contributed by atoms with Gasteiger partial charge in [0.05, 0.1) is 29.5 Å². The Morgan fingerprint density at radius 1 is 1.05 bits per heavy atom. The Morgan fingerprint density at radius 2 is 1.75 bits per heavy atom. The largest absolute Gasteiger partial charge is 0.496 e. The molecule has 1 aromatic heterocycles. The van der Waals surface area contributed by atoms with Crippen LogP contribution in [0.1, 0.15) is 36.6 Å². The highest BCUT2D eigenvalue weighted by Crippen LogP contribution is 2.35. The standard InChI is InChI=1S/C31H27ClN2O5S/c1-4-38-30(36)27-19(2)33-31-34(28(27)23-10-6-8-12-25(23)37-3)29(35)26(40-31)17-21-9-5-7-11-24(21)39-18-20-13-15-22(32)16-14-20/h5-17,28H,4,18H2,1-3H3/b26-17-. The molecule has 0 fully saturated rings. The van der Waals surface area contributed by atoms with Crippen molar-refractivity contribution < 1.29 is 19.0 Å². The Hall–Kier alpha value is -4.14. The lowest BCUT2D eigenvalue weighted by molar-refractivity contribution is -0.139. The maximum absolute atomic E-state index is 14.0. The van der Waals surface area contributed by atoms with Gasteiger partial charge in [0.15, 0.2) is 4.80 Å². The number of halogens is 1. The van der Waals surface area contributed by atoms with E-state index in [-0.39, 0.29) is 12.2 Å². The van der Waals surface area contributed by atoms with Gasteiger partial charge in [0.1, 0.15) is 24.1 Å². The maximum atomic E-state index is 14.0. The number of nitrogens with zero attached hydrogens (tertiary/aromatic N) is 2. The predicted octanol–water partition coefficient (Wildman–Crippen LogP) is 5.04. The minimum Gasteiger partial charge on any atom is -0.496 e. The SMILES string of the molecule is CCOC(=O)C1=C(C)N=c2s/c(=C\c3ccccc3OCc3ccc(Cl)cc3)c(=O)n2C1c1ccccc1OC. The lowest BCUT2D eigenvalue weighted by atomic mass is 9.95. The zero-order valence-electron chi connectivity index (χ0n) is 22.2. The quantitative estimate of drug-likeness (QED) is 0.276. The second-order valence-corrected chi connectivity index (χ2v) is 10.4. The zero-order valence-corrected chi connectivity index (χ0v) is 23.8. The van der Waals surface area contributed by atoms with E-state index in [1.807, 2.05) is 66.7 Å². The average Bonchev–Trinajstić information content (AvgIpc) is 3.26. The molecular weight excluding hydrogens is 548 g/mol. The third-order valence-corrected chi connectivity index (χ3v) is 7.70. The van der Waals surface area contributed by atoms with Crippen LogP contribution in [0.3, 0.4) is 0 Å². The van der Waals surface area contributed by atoms with Crippen LogP contribution < -0.4 is 24.4 Å². The van der Waals surface area contributed by atoms with E-state index < -0.39 is 12.0 Å². The highest BCUT2D eigenvalue weighted by atomic mass is 35.5. The van der Waals surface area contributed by atoms with Crippen molar-refractivity contribution in [3.63, 3.8) is 0 Å². The monoisotopic (exact) mass is 574 g/mol. The predicted molar refractivity (Wildman–Crippen MR) is 156 cm³/mol. The third kappa shape index (κ3) is 5.46. The van der Waals surface area contributed by atoms with E-state index in [9.17, 15) is 9.59 Å². The van der Waals surface area contributed by atoms with E-state index in [2.05, 4.69) is 4.99 Å². The first-order valence-electron chi connectivity index (χ1n) is 12.7. The molecule has 0 aliphatic carbocycles. The Labute approximate surface area is 240 Å². The van der Waals surface area contributed by atoms with Gasteiger partial charge in [0.2, 0.25) is 0 Å². The second-order valence-electron chi connectivity index (χ2n) is 9.00. The van der Waals surface area contributed by atoms with Crippen molar-refractivity contribution in [1.82, 2.24) is 4.57 Å². The number of esters is 1. The number of ether oxygens (including phenoxy) is 3. The number of rotatable bonds is 8. The minimum absolute atomic E-state index is 0.200. The van der Waals surface area contributed by atoms with Gasteiger partial charge in [-0.15, -0.1) is 0 Å². The zero-order chi connectivity index (χ0) is 28.2. The lowest BCUT2D eigenvalue weighted by Crippen LogP contribution is -2.40. The van der Waals surface area contributed by atoms with Crippen molar-refractivity contribution in [2.45, 2.75) is 26.5 Å². The minimum atomic E-state index is -0.759. The van der Waals surface area contributed by atoms with Crippen LogP contribution in [0.15, 0.2) is 93.9 Å².